The van der Waals surface area contributed by atoms with Crippen molar-refractivity contribution in [2.45, 2.75) is 55.4 Å². The Balaban J connectivity index is 4.44. The van der Waals surface area contributed by atoms with Crippen molar-refractivity contribution < 1.29 is 0 Å². The largest absolute Gasteiger partial charge is 0.267 e. The van der Waals surface area contributed by atoms with Crippen molar-refractivity contribution in [3.63, 3.8) is 0 Å². The number of rotatable bonds is 13. The molecule has 0 bridgehead atoms. The van der Waals surface area contributed by atoms with Gasteiger partial charge in [0.25, 0.3) is 7.51 Å². The van der Waals surface area contributed by atoms with Crippen LogP contribution in [0.2, 0.25) is 0 Å². The minimum atomic E-state index is -3.14. The van der Waals surface area contributed by atoms with Crippen LogP contribution in [0.5, 0.6) is 0 Å². The zero-order valence-corrected chi connectivity index (χ0v) is 26.6. The van der Waals surface area contributed by atoms with Gasteiger partial charge in [0.1, 0.15) is 0 Å². The van der Waals surface area contributed by atoms with Gasteiger partial charge in [-0.05, 0) is 33.7 Å². The summed E-state index contributed by atoms with van der Waals surface area (Å²) in [4.78, 5) is 0. The van der Waals surface area contributed by atoms with Gasteiger partial charge < -0.3 is 0 Å². The van der Waals surface area contributed by atoms with Crippen LogP contribution in [0.4, 0.5) is 0 Å². The lowest BCUT2D eigenvalue weighted by molar-refractivity contribution is 0.413. The zero-order valence-electron chi connectivity index (χ0n) is 20.7. The lowest BCUT2D eigenvalue weighted by Gasteiger charge is -2.46. The van der Waals surface area contributed by atoms with E-state index in [0.29, 0.717) is 13.1 Å². The molecule has 0 saturated carbocycles. The van der Waals surface area contributed by atoms with Gasteiger partial charge in [-0.3, -0.25) is 5.50 Å². The van der Waals surface area contributed by atoms with Crippen LogP contribution in [0.15, 0.2) is 18.1 Å². The molecule has 1 rings (SSSR count). The summed E-state index contributed by atoms with van der Waals surface area (Å²) in [5, 5.41) is -3.14. The highest BCUT2D eigenvalue weighted by Crippen LogP contribution is 2.84. The van der Waals surface area contributed by atoms with Gasteiger partial charge in [0, 0.05) is 52.4 Å². The molecule has 0 unspecified atom stereocenters. The van der Waals surface area contributed by atoms with Crippen molar-refractivity contribution in [2.24, 2.45) is 23.6 Å². The maximum atomic E-state index is 7.18. The summed E-state index contributed by atoms with van der Waals surface area (Å²) in [6.07, 6.45) is 0. The average molecular weight is 591 g/mol. The molecule has 0 amide bonds. The van der Waals surface area contributed by atoms with E-state index in [0.717, 1.165) is 39.3 Å². The molecule has 0 aromatic rings. The van der Waals surface area contributed by atoms with Gasteiger partial charge in [-0.25, -0.2) is 18.7 Å². The number of hydrogen-bond acceptors (Lipinski definition) is 9. The first-order valence-electron chi connectivity index (χ1n) is 11.4. The molecule has 0 saturated heterocycles. The van der Waals surface area contributed by atoms with E-state index < -0.39 is 27.6 Å². The molecule has 9 nitrogen and oxygen atoms in total. The molecule has 0 aromatic carbocycles. The third kappa shape index (κ3) is 6.87. The lowest BCUT2D eigenvalue weighted by Crippen LogP contribution is -2.34. The first-order chi connectivity index (χ1) is 14.9. The summed E-state index contributed by atoms with van der Waals surface area (Å²) in [6, 6.07) is 0. The molecule has 2 atom stereocenters. The van der Waals surface area contributed by atoms with Gasteiger partial charge in [0.15, 0.2) is 0 Å². The highest BCUT2D eigenvalue weighted by atomic mass is 36.0. The Hall–Kier alpha value is 1.59. The summed E-state index contributed by atoms with van der Waals surface area (Å²) in [7, 11) is -8.46. The summed E-state index contributed by atoms with van der Waals surface area (Å²) in [5.74, 6) is 0. The van der Waals surface area contributed by atoms with Crippen molar-refractivity contribution in [3.05, 3.63) is 0 Å². The van der Waals surface area contributed by atoms with E-state index in [1.165, 1.54) is 0 Å². The summed E-state index contributed by atoms with van der Waals surface area (Å²) in [5.41, 5.74) is 7.18. The maximum absolute atomic E-state index is 7.18. The van der Waals surface area contributed by atoms with Crippen LogP contribution in [0.3, 0.4) is 0 Å². The van der Waals surface area contributed by atoms with E-state index in [1.54, 1.807) is 0 Å². The quantitative estimate of drug-likeness (QED) is 0.217. The molecule has 0 spiro atoms. The van der Waals surface area contributed by atoms with Crippen molar-refractivity contribution in [2.75, 3.05) is 52.4 Å². The molecule has 1 heterocycles. The van der Waals surface area contributed by atoms with Crippen molar-refractivity contribution >= 4 is 61.4 Å². The Morgan fingerprint density at radius 3 is 1.31 bits per heavy atom. The maximum Gasteiger partial charge on any atom is 0.267 e. The Bertz CT molecular complexity index is 804. The van der Waals surface area contributed by atoms with E-state index in [-0.39, 0.29) is 0 Å². The van der Waals surface area contributed by atoms with Gasteiger partial charge in [-0.1, -0.05) is 55.4 Å². The average Bonchev–Trinajstić information content (AvgIpc) is 2.69. The predicted octanol–water partition coefficient (Wildman–Crippen LogP) is 8.83. The van der Waals surface area contributed by atoms with E-state index in [4.69, 9.17) is 57.3 Å². The van der Waals surface area contributed by atoms with Crippen LogP contribution >= 0.6 is 61.4 Å². The molecule has 32 heavy (non-hydrogen) atoms. The van der Waals surface area contributed by atoms with E-state index in [2.05, 4.69) is 74.1 Å². The second kappa shape index (κ2) is 13.2. The fourth-order valence-corrected chi connectivity index (χ4v) is 21.4. The van der Waals surface area contributed by atoms with Gasteiger partial charge >= 0.3 is 0 Å². The van der Waals surface area contributed by atoms with Crippen molar-refractivity contribution in [1.82, 2.24) is 18.7 Å². The number of nitrogens with two attached hydrogens (primary N) is 1. The normalized spacial score (nSPS) is 25.8. The van der Waals surface area contributed by atoms with Crippen LogP contribution in [-0.4, -0.2) is 71.0 Å². The third-order valence-electron chi connectivity index (χ3n) is 5.44. The zero-order chi connectivity index (χ0) is 24.8. The van der Waals surface area contributed by atoms with Crippen LogP contribution in [-0.2, 0) is 0 Å². The van der Waals surface area contributed by atoms with Crippen LogP contribution in [0.1, 0.15) is 55.4 Å². The van der Waals surface area contributed by atoms with Crippen LogP contribution < -0.4 is 5.50 Å². The molecule has 0 aromatic heterocycles. The molecular formula is C16H42Cl3N9P4. The molecule has 0 aliphatic carbocycles. The van der Waals surface area contributed by atoms with Gasteiger partial charge in [-0.15, -0.1) is 0 Å². The van der Waals surface area contributed by atoms with Gasteiger partial charge in [-0.2, -0.15) is 18.1 Å². The van der Waals surface area contributed by atoms with Gasteiger partial charge in [0.2, 0.25) is 20.1 Å². The standard InChI is InChI=1S/C16H42Cl3N9P4/c1-9-25(10-2)30(20)22-31(21-29(17,18)19,26(11-3)12-4)24-32(23-30,27(13-5)14-6)28(15-7)16-8/h9-16,20H2,1-8H3/t30-,31-/m0/s1. The summed E-state index contributed by atoms with van der Waals surface area (Å²) < 4.78 is 29.9. The fraction of sp³-hybridized carbons (Fsp3) is 1.00. The Labute approximate surface area is 210 Å². The SMILES string of the molecule is CCN(CC)P1(N(CC)CC)=N[P@@](N)(N(CC)CC)=N[P@](N=P(Cl)(Cl)Cl)(N(CC)CC)=N1. The molecule has 0 radical (unpaired) electrons. The van der Waals surface area contributed by atoms with Crippen LogP contribution in [0.25, 0.3) is 0 Å². The summed E-state index contributed by atoms with van der Waals surface area (Å²) >= 11 is 19.2. The van der Waals surface area contributed by atoms with Crippen LogP contribution in [0, 0.1) is 0 Å². The first kappa shape index (κ1) is 31.6. The fourth-order valence-electron chi connectivity index (χ4n) is 3.88. The molecular weight excluding hydrogens is 548 g/mol. The number of halogens is 3. The van der Waals surface area contributed by atoms with Crippen molar-refractivity contribution in [1.29, 1.82) is 0 Å². The first-order valence-corrected chi connectivity index (χ1v) is 20.7. The van der Waals surface area contributed by atoms with Crippen molar-refractivity contribution in [3.8, 4) is 0 Å². The second-order valence-electron chi connectivity index (χ2n) is 7.02. The molecule has 1 aliphatic heterocycles. The van der Waals surface area contributed by atoms with E-state index in [1.807, 2.05) is 0 Å². The molecule has 1 aliphatic rings. The Kier molecular flexibility index (Phi) is 13.1. The summed E-state index contributed by atoms with van der Waals surface area (Å²) in [6.45, 7) is 22.8. The molecule has 0 fully saturated rings. The minimum absolute atomic E-state index is 0.681. The monoisotopic (exact) mass is 589 g/mol. The molecule has 16 heteroatoms. The highest BCUT2D eigenvalue weighted by molar-refractivity contribution is 8.27. The highest BCUT2D eigenvalue weighted by Gasteiger charge is 2.45. The number of nitrogens with zero attached hydrogens (tertiary/aromatic N) is 8. The molecule has 2 N–H and O–H groups in total. The number of hydrogen-bond donors (Lipinski definition) is 1. The Morgan fingerprint density at radius 1 is 0.625 bits per heavy atom. The lowest BCUT2D eigenvalue weighted by atomic mass is 10.7. The third-order valence-corrected chi connectivity index (χ3v) is 20.4. The Morgan fingerprint density at radius 2 is 1.00 bits per heavy atom. The second-order valence-corrected chi connectivity index (χ2v) is 22.3. The predicted molar refractivity (Wildman–Crippen MR) is 151 cm³/mol. The topological polar surface area (TPSA) is 88.4 Å². The van der Waals surface area contributed by atoms with Gasteiger partial charge in [0.05, 0.1) is 0 Å². The van der Waals surface area contributed by atoms with E-state index >= 15 is 0 Å². The molecule has 192 valence electrons. The smallest absolute Gasteiger partial charge is 0.267 e. The van der Waals surface area contributed by atoms with E-state index in [9.17, 15) is 0 Å². The minimum Gasteiger partial charge on any atom is -0.267 e.